The molecule has 2 aromatic carbocycles. The minimum atomic E-state index is -0.246. The Kier molecular flexibility index (Phi) is 6.84. The number of carbonyl (C=O) groups is 1. The maximum absolute atomic E-state index is 12.7. The number of carbonyl (C=O) groups excluding carboxylic acids is 1. The Bertz CT molecular complexity index is 975. The average Bonchev–Trinajstić information content (AvgIpc) is 3.23. The molecule has 1 heterocycles. The maximum Gasteiger partial charge on any atom is 0.259 e. The molecule has 158 valence electrons. The SMILES string of the molecule is CCOCCOc1ccccc1C(=O)Nc1ccc(-c2noc(C(C)(C)C)n2)cc1. The van der Waals surface area contributed by atoms with Crippen molar-refractivity contribution in [2.24, 2.45) is 0 Å². The zero-order chi connectivity index (χ0) is 21.6. The fraction of sp³-hybridized carbons (Fsp3) is 0.348. The van der Waals surface area contributed by atoms with Crippen LogP contribution in [-0.4, -0.2) is 35.9 Å². The van der Waals surface area contributed by atoms with Gasteiger partial charge in [0.05, 0.1) is 12.2 Å². The molecule has 3 aromatic rings. The van der Waals surface area contributed by atoms with Gasteiger partial charge in [-0.25, -0.2) is 0 Å². The van der Waals surface area contributed by atoms with Crippen LogP contribution in [0.4, 0.5) is 5.69 Å². The van der Waals surface area contributed by atoms with Gasteiger partial charge in [-0.3, -0.25) is 4.79 Å². The van der Waals surface area contributed by atoms with Crippen molar-refractivity contribution in [2.45, 2.75) is 33.1 Å². The topological polar surface area (TPSA) is 86.5 Å². The molecular formula is C23H27N3O4. The zero-order valence-corrected chi connectivity index (χ0v) is 17.8. The van der Waals surface area contributed by atoms with Crippen LogP contribution in [0.5, 0.6) is 5.75 Å². The number of anilines is 1. The molecule has 0 radical (unpaired) electrons. The van der Waals surface area contributed by atoms with Gasteiger partial charge >= 0.3 is 0 Å². The van der Waals surface area contributed by atoms with Crippen LogP contribution in [0.1, 0.15) is 43.9 Å². The quantitative estimate of drug-likeness (QED) is 0.543. The molecule has 0 saturated heterocycles. The standard InChI is InChI=1S/C23H27N3O4/c1-5-28-14-15-29-19-9-7-6-8-18(19)21(27)24-17-12-10-16(11-13-17)20-25-22(30-26-20)23(2,3)4/h6-13H,5,14-15H2,1-4H3,(H,24,27). The third-order valence-corrected chi connectivity index (χ3v) is 4.29. The van der Waals surface area contributed by atoms with E-state index in [9.17, 15) is 4.79 Å². The first-order valence-electron chi connectivity index (χ1n) is 9.94. The van der Waals surface area contributed by atoms with E-state index in [1.807, 2.05) is 45.9 Å². The third-order valence-electron chi connectivity index (χ3n) is 4.29. The van der Waals surface area contributed by atoms with E-state index >= 15 is 0 Å². The Hall–Kier alpha value is -3.19. The molecule has 0 aliphatic carbocycles. The number of para-hydroxylation sites is 1. The van der Waals surface area contributed by atoms with Crippen LogP contribution < -0.4 is 10.1 Å². The molecule has 7 heteroatoms. The van der Waals surface area contributed by atoms with Gasteiger partial charge < -0.3 is 19.3 Å². The summed E-state index contributed by atoms with van der Waals surface area (Å²) < 4.78 is 16.3. The highest BCUT2D eigenvalue weighted by Crippen LogP contribution is 2.25. The summed E-state index contributed by atoms with van der Waals surface area (Å²) in [6.07, 6.45) is 0. The summed E-state index contributed by atoms with van der Waals surface area (Å²) in [4.78, 5) is 17.2. The first-order chi connectivity index (χ1) is 14.4. The minimum Gasteiger partial charge on any atom is -0.490 e. The summed E-state index contributed by atoms with van der Waals surface area (Å²) in [5, 5.41) is 6.94. The van der Waals surface area contributed by atoms with Crippen molar-refractivity contribution in [1.29, 1.82) is 0 Å². The molecule has 0 saturated carbocycles. The lowest BCUT2D eigenvalue weighted by atomic mass is 9.97. The van der Waals surface area contributed by atoms with Gasteiger partial charge in [0.25, 0.3) is 5.91 Å². The van der Waals surface area contributed by atoms with Crippen LogP contribution in [0, 0.1) is 0 Å². The fourth-order valence-electron chi connectivity index (χ4n) is 2.68. The Morgan fingerprint density at radius 2 is 1.80 bits per heavy atom. The predicted octanol–water partition coefficient (Wildman–Crippen LogP) is 4.70. The normalized spacial score (nSPS) is 11.3. The van der Waals surface area contributed by atoms with Crippen molar-refractivity contribution >= 4 is 11.6 Å². The molecule has 0 aliphatic heterocycles. The van der Waals surface area contributed by atoms with E-state index in [0.717, 1.165) is 5.56 Å². The molecule has 0 bridgehead atoms. The summed E-state index contributed by atoms with van der Waals surface area (Å²) >= 11 is 0. The van der Waals surface area contributed by atoms with E-state index in [1.165, 1.54) is 0 Å². The summed E-state index contributed by atoms with van der Waals surface area (Å²) in [5.41, 5.74) is 1.72. The van der Waals surface area contributed by atoms with Crippen LogP contribution in [0.25, 0.3) is 11.4 Å². The second-order valence-electron chi connectivity index (χ2n) is 7.75. The van der Waals surface area contributed by atoms with Crippen molar-refractivity contribution in [3.05, 3.63) is 60.0 Å². The zero-order valence-electron chi connectivity index (χ0n) is 17.8. The van der Waals surface area contributed by atoms with Crippen LogP contribution >= 0.6 is 0 Å². The van der Waals surface area contributed by atoms with E-state index in [4.69, 9.17) is 14.0 Å². The molecule has 30 heavy (non-hydrogen) atoms. The van der Waals surface area contributed by atoms with Crippen molar-refractivity contribution in [2.75, 3.05) is 25.1 Å². The monoisotopic (exact) mass is 409 g/mol. The molecule has 0 unspecified atom stereocenters. The van der Waals surface area contributed by atoms with E-state index in [2.05, 4.69) is 15.5 Å². The lowest BCUT2D eigenvalue weighted by Gasteiger charge is -2.12. The summed E-state index contributed by atoms with van der Waals surface area (Å²) in [5.74, 6) is 1.37. The lowest BCUT2D eigenvalue weighted by molar-refractivity contribution is 0.0998. The Morgan fingerprint density at radius 3 is 2.47 bits per heavy atom. The number of nitrogens with zero attached hydrogens (tertiary/aromatic N) is 2. The highest BCUT2D eigenvalue weighted by Gasteiger charge is 2.22. The molecule has 1 N–H and O–H groups in total. The molecular weight excluding hydrogens is 382 g/mol. The number of hydrogen-bond acceptors (Lipinski definition) is 6. The second kappa shape index (κ2) is 9.54. The summed E-state index contributed by atoms with van der Waals surface area (Å²) in [7, 11) is 0. The van der Waals surface area contributed by atoms with Crippen LogP contribution in [-0.2, 0) is 10.2 Å². The number of ether oxygens (including phenoxy) is 2. The van der Waals surface area contributed by atoms with Crippen LogP contribution in [0.2, 0.25) is 0 Å². The van der Waals surface area contributed by atoms with Gasteiger partial charge in [-0.15, -0.1) is 0 Å². The van der Waals surface area contributed by atoms with Crippen molar-refractivity contribution in [3.8, 4) is 17.1 Å². The van der Waals surface area contributed by atoms with Gasteiger partial charge in [0.15, 0.2) is 0 Å². The molecule has 7 nitrogen and oxygen atoms in total. The van der Waals surface area contributed by atoms with Gasteiger partial charge in [0.2, 0.25) is 11.7 Å². The largest absolute Gasteiger partial charge is 0.490 e. The van der Waals surface area contributed by atoms with Gasteiger partial charge in [0.1, 0.15) is 12.4 Å². The van der Waals surface area contributed by atoms with Gasteiger partial charge in [-0.1, -0.05) is 38.1 Å². The van der Waals surface area contributed by atoms with Gasteiger partial charge in [0, 0.05) is 23.3 Å². The molecule has 0 fully saturated rings. The fourth-order valence-corrected chi connectivity index (χ4v) is 2.68. The van der Waals surface area contributed by atoms with Crippen molar-refractivity contribution in [1.82, 2.24) is 10.1 Å². The number of amides is 1. The first kappa shape index (κ1) is 21.5. The predicted molar refractivity (Wildman–Crippen MR) is 115 cm³/mol. The molecule has 0 atom stereocenters. The Balaban J connectivity index is 1.67. The molecule has 3 rings (SSSR count). The number of hydrogen-bond donors (Lipinski definition) is 1. The third kappa shape index (κ3) is 5.45. The number of nitrogens with one attached hydrogen (secondary N) is 1. The number of aromatic nitrogens is 2. The molecule has 1 amide bonds. The first-order valence-corrected chi connectivity index (χ1v) is 9.94. The number of benzene rings is 2. The van der Waals surface area contributed by atoms with Gasteiger partial charge in [-0.2, -0.15) is 4.98 Å². The molecule has 1 aromatic heterocycles. The summed E-state index contributed by atoms with van der Waals surface area (Å²) in [6.45, 7) is 9.46. The minimum absolute atomic E-state index is 0.211. The van der Waals surface area contributed by atoms with Crippen molar-refractivity contribution < 1.29 is 18.8 Å². The molecule has 0 aliphatic rings. The smallest absolute Gasteiger partial charge is 0.259 e. The second-order valence-corrected chi connectivity index (χ2v) is 7.75. The lowest BCUT2D eigenvalue weighted by Crippen LogP contribution is -2.15. The highest BCUT2D eigenvalue weighted by molar-refractivity contribution is 6.06. The van der Waals surface area contributed by atoms with Gasteiger partial charge in [-0.05, 0) is 43.3 Å². The van der Waals surface area contributed by atoms with E-state index in [1.54, 1.807) is 30.3 Å². The number of rotatable bonds is 8. The Morgan fingerprint density at radius 1 is 1.07 bits per heavy atom. The van der Waals surface area contributed by atoms with Crippen molar-refractivity contribution in [3.63, 3.8) is 0 Å². The van der Waals surface area contributed by atoms with Crippen LogP contribution in [0.15, 0.2) is 53.1 Å². The van der Waals surface area contributed by atoms with E-state index in [0.29, 0.717) is 48.5 Å². The van der Waals surface area contributed by atoms with E-state index < -0.39 is 0 Å². The highest BCUT2D eigenvalue weighted by atomic mass is 16.5. The van der Waals surface area contributed by atoms with E-state index in [-0.39, 0.29) is 11.3 Å². The summed E-state index contributed by atoms with van der Waals surface area (Å²) in [6, 6.07) is 14.4. The average molecular weight is 409 g/mol. The van der Waals surface area contributed by atoms with Crippen LogP contribution in [0.3, 0.4) is 0 Å². The maximum atomic E-state index is 12.7. The molecule has 0 spiro atoms. The Labute approximate surface area is 176 Å².